The van der Waals surface area contributed by atoms with E-state index in [2.05, 4.69) is 5.10 Å². The van der Waals surface area contributed by atoms with Crippen LogP contribution in [0.1, 0.15) is 25.5 Å². The third kappa shape index (κ3) is 2.02. The number of ether oxygens (including phenoxy) is 1. The topological polar surface area (TPSA) is 27.1 Å². The molecule has 1 unspecified atom stereocenters. The molecule has 0 N–H and O–H groups in total. The molecule has 0 saturated carbocycles. The van der Waals surface area contributed by atoms with Crippen molar-refractivity contribution in [1.29, 1.82) is 0 Å². The van der Waals surface area contributed by atoms with E-state index in [4.69, 9.17) is 16.3 Å². The molecule has 2 heterocycles. The van der Waals surface area contributed by atoms with Crippen molar-refractivity contribution in [3.63, 3.8) is 0 Å². The second-order valence-corrected chi connectivity index (χ2v) is 5.79. The molecule has 0 amide bonds. The van der Waals surface area contributed by atoms with E-state index < -0.39 is 0 Å². The fraction of sp³-hybridized carbons (Fsp3) is 0.417. The van der Waals surface area contributed by atoms with Crippen LogP contribution in [-0.2, 0) is 4.74 Å². The van der Waals surface area contributed by atoms with Gasteiger partial charge in [-0.1, -0.05) is 11.6 Å². The van der Waals surface area contributed by atoms with Crippen molar-refractivity contribution < 1.29 is 9.13 Å². The number of hydrogen-bond acceptors (Lipinski definition) is 2. The van der Waals surface area contributed by atoms with Crippen molar-refractivity contribution in [3.05, 3.63) is 26.7 Å². The molecule has 2 aromatic rings. The second kappa shape index (κ2) is 4.94. The van der Waals surface area contributed by atoms with Gasteiger partial charge in [0.1, 0.15) is 5.82 Å². The van der Waals surface area contributed by atoms with E-state index in [1.54, 1.807) is 10.9 Å². The molecule has 1 fully saturated rings. The molecule has 0 aliphatic carbocycles. The number of rotatable bonds is 1. The maximum atomic E-state index is 13.8. The van der Waals surface area contributed by atoms with Crippen LogP contribution in [0.15, 0.2) is 12.3 Å². The molecule has 18 heavy (non-hydrogen) atoms. The van der Waals surface area contributed by atoms with E-state index in [9.17, 15) is 4.39 Å². The van der Waals surface area contributed by atoms with Crippen LogP contribution >= 0.6 is 34.2 Å². The van der Waals surface area contributed by atoms with Crippen molar-refractivity contribution >= 4 is 45.1 Å². The first-order chi connectivity index (χ1) is 8.68. The quantitative estimate of drug-likeness (QED) is 0.549. The van der Waals surface area contributed by atoms with Crippen LogP contribution in [0.5, 0.6) is 0 Å². The standard InChI is InChI=1S/C12H11ClFIN2O/c13-11-7-6-16-17(10-3-1-2-4-18-10)9(7)5-8(14)12(11)15/h5-6,10H,1-4H2. The summed E-state index contributed by atoms with van der Waals surface area (Å²) in [6.45, 7) is 0.729. The van der Waals surface area contributed by atoms with Crippen LogP contribution in [0.25, 0.3) is 10.9 Å². The number of nitrogens with zero attached hydrogens (tertiary/aromatic N) is 2. The summed E-state index contributed by atoms with van der Waals surface area (Å²) in [5, 5.41) is 5.50. The summed E-state index contributed by atoms with van der Waals surface area (Å²) in [5.74, 6) is -0.314. The molecule has 1 aliphatic rings. The maximum absolute atomic E-state index is 13.8. The molecule has 0 radical (unpaired) electrons. The fourth-order valence-electron chi connectivity index (χ4n) is 2.24. The molecule has 0 spiro atoms. The average Bonchev–Trinajstić information content (AvgIpc) is 2.81. The predicted molar refractivity (Wildman–Crippen MR) is 76.3 cm³/mol. The lowest BCUT2D eigenvalue weighted by Crippen LogP contribution is -2.19. The largest absolute Gasteiger partial charge is 0.356 e. The Bertz CT molecular complexity index is 595. The minimum Gasteiger partial charge on any atom is -0.356 e. The molecule has 1 aliphatic heterocycles. The van der Waals surface area contributed by atoms with Gasteiger partial charge in [-0.2, -0.15) is 5.10 Å². The van der Waals surface area contributed by atoms with Crippen molar-refractivity contribution in [2.75, 3.05) is 6.61 Å². The van der Waals surface area contributed by atoms with Gasteiger partial charge in [0.15, 0.2) is 6.23 Å². The minimum atomic E-state index is -0.314. The highest BCUT2D eigenvalue weighted by Gasteiger charge is 2.21. The first-order valence-electron chi connectivity index (χ1n) is 5.81. The number of aromatic nitrogens is 2. The molecule has 1 saturated heterocycles. The SMILES string of the molecule is Fc1cc2c(cnn2C2CCCCO2)c(Cl)c1I. The zero-order valence-corrected chi connectivity index (χ0v) is 12.4. The Balaban J connectivity index is 2.13. The Kier molecular flexibility index (Phi) is 3.46. The molecule has 3 nitrogen and oxygen atoms in total. The highest BCUT2D eigenvalue weighted by atomic mass is 127. The second-order valence-electron chi connectivity index (χ2n) is 4.33. The number of hydrogen-bond donors (Lipinski definition) is 0. The van der Waals surface area contributed by atoms with E-state index in [1.165, 1.54) is 6.07 Å². The van der Waals surface area contributed by atoms with Crippen molar-refractivity contribution in [1.82, 2.24) is 9.78 Å². The Morgan fingerprint density at radius 1 is 1.50 bits per heavy atom. The van der Waals surface area contributed by atoms with Crippen LogP contribution in [0, 0.1) is 9.39 Å². The molecule has 6 heteroatoms. The van der Waals surface area contributed by atoms with Gasteiger partial charge in [-0.3, -0.25) is 0 Å². The van der Waals surface area contributed by atoms with Gasteiger partial charge < -0.3 is 4.74 Å². The van der Waals surface area contributed by atoms with Crippen molar-refractivity contribution in [2.24, 2.45) is 0 Å². The highest BCUT2D eigenvalue weighted by molar-refractivity contribution is 14.1. The lowest BCUT2D eigenvalue weighted by atomic mass is 10.2. The van der Waals surface area contributed by atoms with Gasteiger partial charge in [0.05, 0.1) is 20.3 Å². The average molecular weight is 381 g/mol. The lowest BCUT2D eigenvalue weighted by molar-refractivity contribution is -0.0366. The first-order valence-corrected chi connectivity index (χ1v) is 7.26. The minimum absolute atomic E-state index is 0.105. The van der Waals surface area contributed by atoms with Crippen molar-refractivity contribution in [3.8, 4) is 0 Å². The zero-order chi connectivity index (χ0) is 12.7. The summed E-state index contributed by atoms with van der Waals surface area (Å²) in [5.41, 5.74) is 0.699. The molecule has 0 bridgehead atoms. The highest BCUT2D eigenvalue weighted by Crippen LogP contribution is 2.33. The Morgan fingerprint density at radius 2 is 2.33 bits per heavy atom. The lowest BCUT2D eigenvalue weighted by Gasteiger charge is -2.23. The summed E-state index contributed by atoms with van der Waals surface area (Å²) in [6.07, 6.45) is 4.65. The predicted octanol–water partition coefficient (Wildman–Crippen LogP) is 4.13. The molecular formula is C12H11ClFIN2O. The molecular weight excluding hydrogens is 370 g/mol. The van der Waals surface area contributed by atoms with Gasteiger partial charge in [0.2, 0.25) is 0 Å². The van der Waals surface area contributed by atoms with Crippen LogP contribution < -0.4 is 0 Å². The number of fused-ring (bicyclic) bond motifs is 1. The summed E-state index contributed by atoms with van der Waals surface area (Å²) < 4.78 is 21.6. The Morgan fingerprint density at radius 3 is 3.06 bits per heavy atom. The van der Waals surface area contributed by atoms with Gasteiger partial charge in [0, 0.05) is 18.1 Å². The van der Waals surface area contributed by atoms with Gasteiger partial charge in [-0.15, -0.1) is 0 Å². The smallest absolute Gasteiger partial charge is 0.150 e. The Hall–Kier alpha value is -0.400. The molecule has 1 atom stereocenters. The van der Waals surface area contributed by atoms with Crippen LogP contribution in [-0.4, -0.2) is 16.4 Å². The summed E-state index contributed by atoms with van der Waals surface area (Å²) in [7, 11) is 0. The molecule has 3 rings (SSSR count). The zero-order valence-electron chi connectivity index (χ0n) is 9.50. The Labute approximate surface area is 122 Å². The van der Waals surface area contributed by atoms with E-state index in [-0.39, 0.29) is 12.0 Å². The van der Waals surface area contributed by atoms with Crippen molar-refractivity contribution in [2.45, 2.75) is 25.5 Å². The molecule has 1 aromatic heterocycles. The third-order valence-electron chi connectivity index (χ3n) is 3.16. The van der Waals surface area contributed by atoms with Crippen LogP contribution in [0.3, 0.4) is 0 Å². The normalized spacial score (nSPS) is 20.5. The van der Waals surface area contributed by atoms with Crippen LogP contribution in [0.4, 0.5) is 4.39 Å². The number of benzene rings is 1. The molecule has 96 valence electrons. The van der Waals surface area contributed by atoms with Gasteiger partial charge in [-0.25, -0.2) is 9.07 Å². The maximum Gasteiger partial charge on any atom is 0.150 e. The van der Waals surface area contributed by atoms with Gasteiger partial charge in [0.25, 0.3) is 0 Å². The van der Waals surface area contributed by atoms with Gasteiger partial charge in [-0.05, 0) is 41.9 Å². The monoisotopic (exact) mass is 380 g/mol. The summed E-state index contributed by atoms with van der Waals surface area (Å²) >= 11 is 8.05. The van der Waals surface area contributed by atoms with E-state index in [0.717, 1.165) is 31.3 Å². The van der Waals surface area contributed by atoms with Crippen LogP contribution in [0.2, 0.25) is 5.02 Å². The molecule has 1 aromatic carbocycles. The van der Waals surface area contributed by atoms with E-state index >= 15 is 0 Å². The first kappa shape index (κ1) is 12.6. The third-order valence-corrected chi connectivity index (χ3v) is 4.93. The summed E-state index contributed by atoms with van der Waals surface area (Å²) in [4.78, 5) is 0. The van der Waals surface area contributed by atoms with E-state index in [0.29, 0.717) is 14.1 Å². The fourth-order valence-corrected chi connectivity index (χ4v) is 2.92. The summed E-state index contributed by atoms with van der Waals surface area (Å²) in [6, 6.07) is 1.48. The van der Waals surface area contributed by atoms with E-state index in [1.807, 2.05) is 22.6 Å². The number of halogens is 3. The van der Waals surface area contributed by atoms with Gasteiger partial charge >= 0.3 is 0 Å².